The average Bonchev–Trinajstić information content (AvgIpc) is 2.15. The molecule has 0 spiro atoms. The van der Waals surface area contributed by atoms with E-state index in [4.69, 9.17) is 16.8 Å². The van der Waals surface area contributed by atoms with Gasteiger partial charge in [-0.25, -0.2) is 4.39 Å². The van der Waals surface area contributed by atoms with Gasteiger partial charge in [0.1, 0.15) is 5.82 Å². The fourth-order valence-electron chi connectivity index (χ4n) is 1.20. The van der Waals surface area contributed by atoms with E-state index >= 15 is 0 Å². The second-order valence-corrected chi connectivity index (χ2v) is 4.69. The van der Waals surface area contributed by atoms with E-state index in [9.17, 15) is 4.39 Å². The van der Waals surface area contributed by atoms with Gasteiger partial charge in [-0.2, -0.15) is 0 Å². The number of halogens is 2. The van der Waals surface area contributed by atoms with Gasteiger partial charge < -0.3 is 5.21 Å². The third-order valence-corrected chi connectivity index (χ3v) is 2.42. The van der Waals surface area contributed by atoms with Gasteiger partial charge >= 0.3 is 0 Å². The van der Waals surface area contributed by atoms with Crippen LogP contribution >= 0.6 is 11.6 Å². The van der Waals surface area contributed by atoms with Crippen LogP contribution in [0.4, 0.5) is 4.39 Å². The van der Waals surface area contributed by atoms with Gasteiger partial charge in [-0.05, 0) is 23.1 Å². The van der Waals surface area contributed by atoms with E-state index < -0.39 is 5.82 Å². The molecule has 0 aliphatic heterocycles. The maximum absolute atomic E-state index is 13.5. The summed E-state index contributed by atoms with van der Waals surface area (Å²) >= 11 is 5.52. The Hall–Kier alpha value is -1.09. The third-order valence-electron chi connectivity index (χ3n) is 2.15. The monoisotopic (exact) mass is 229 g/mol. The summed E-state index contributed by atoms with van der Waals surface area (Å²) in [6.07, 6.45) is 0. The molecule has 0 saturated carbocycles. The van der Waals surface area contributed by atoms with E-state index in [-0.39, 0.29) is 16.1 Å². The Labute approximate surface area is 93.4 Å². The van der Waals surface area contributed by atoms with E-state index in [2.05, 4.69) is 5.16 Å². The summed E-state index contributed by atoms with van der Waals surface area (Å²) in [5, 5.41) is 10.9. The van der Waals surface area contributed by atoms with Crippen LogP contribution in [0.3, 0.4) is 0 Å². The van der Waals surface area contributed by atoms with Crippen molar-refractivity contribution >= 4 is 16.8 Å². The van der Waals surface area contributed by atoms with E-state index in [1.165, 1.54) is 12.1 Å². The zero-order valence-corrected chi connectivity index (χ0v) is 9.64. The number of oxime groups is 1. The molecule has 0 bridgehead atoms. The molecule has 0 atom stereocenters. The molecule has 82 valence electrons. The van der Waals surface area contributed by atoms with Gasteiger partial charge in [0.2, 0.25) is 0 Å². The lowest BCUT2D eigenvalue weighted by molar-refractivity contribution is 0.320. The molecule has 1 rings (SSSR count). The molecule has 1 aromatic carbocycles. The molecular weight excluding hydrogens is 217 g/mol. The SMILES string of the molecule is CC(C)(C)c1ccc(/C(Cl)=N\O)c(F)c1. The van der Waals surface area contributed by atoms with Crippen molar-refractivity contribution in [2.24, 2.45) is 5.16 Å². The van der Waals surface area contributed by atoms with Gasteiger partial charge in [0.25, 0.3) is 0 Å². The lowest BCUT2D eigenvalue weighted by Crippen LogP contribution is -2.12. The highest BCUT2D eigenvalue weighted by molar-refractivity contribution is 6.69. The highest BCUT2D eigenvalue weighted by Crippen LogP contribution is 2.24. The first-order valence-electron chi connectivity index (χ1n) is 4.54. The first kappa shape index (κ1) is 12.0. The summed E-state index contributed by atoms with van der Waals surface area (Å²) in [7, 11) is 0. The molecule has 0 radical (unpaired) electrons. The van der Waals surface area contributed by atoms with Crippen molar-refractivity contribution in [3.63, 3.8) is 0 Å². The van der Waals surface area contributed by atoms with E-state index in [0.29, 0.717) is 0 Å². The number of nitrogens with zero attached hydrogens (tertiary/aromatic N) is 1. The van der Waals surface area contributed by atoms with Crippen molar-refractivity contribution in [2.45, 2.75) is 26.2 Å². The molecule has 4 heteroatoms. The molecule has 1 aromatic rings. The van der Waals surface area contributed by atoms with Crippen LogP contribution < -0.4 is 0 Å². The second-order valence-electron chi connectivity index (χ2n) is 4.34. The Kier molecular flexibility index (Phi) is 3.35. The van der Waals surface area contributed by atoms with Crippen molar-refractivity contribution in [3.05, 3.63) is 35.1 Å². The Morgan fingerprint density at radius 3 is 2.40 bits per heavy atom. The summed E-state index contributed by atoms with van der Waals surface area (Å²) < 4.78 is 13.5. The first-order chi connectivity index (χ1) is 6.86. The van der Waals surface area contributed by atoms with E-state index in [0.717, 1.165) is 5.56 Å². The standard InChI is InChI=1S/C11H13ClFNO/c1-11(2,3)7-4-5-8(9(13)6-7)10(12)14-15/h4-6,15H,1-3H3/b14-10+. The molecule has 1 N–H and O–H groups in total. The van der Waals surface area contributed by atoms with Gasteiger partial charge in [0.05, 0.1) is 5.56 Å². The molecule has 0 unspecified atom stereocenters. The lowest BCUT2D eigenvalue weighted by Gasteiger charge is -2.19. The van der Waals surface area contributed by atoms with Gasteiger partial charge in [-0.15, -0.1) is 0 Å². The van der Waals surface area contributed by atoms with Crippen LogP contribution in [0.15, 0.2) is 23.4 Å². The number of benzene rings is 1. The maximum atomic E-state index is 13.5. The molecule has 0 saturated heterocycles. The minimum absolute atomic E-state index is 0.104. The molecule has 0 aromatic heterocycles. The van der Waals surface area contributed by atoms with Crippen molar-refractivity contribution in [1.29, 1.82) is 0 Å². The molecule has 0 amide bonds. The molecule has 0 heterocycles. The van der Waals surface area contributed by atoms with Crippen LogP contribution in [-0.4, -0.2) is 10.4 Å². The fraction of sp³-hybridized carbons (Fsp3) is 0.364. The van der Waals surface area contributed by atoms with Crippen LogP contribution in [-0.2, 0) is 5.41 Å². The Morgan fingerprint density at radius 1 is 1.40 bits per heavy atom. The zero-order valence-electron chi connectivity index (χ0n) is 8.88. The van der Waals surface area contributed by atoms with Crippen LogP contribution in [0.1, 0.15) is 31.9 Å². The molecule has 15 heavy (non-hydrogen) atoms. The van der Waals surface area contributed by atoms with Gasteiger partial charge in [-0.1, -0.05) is 43.6 Å². The number of hydrogen-bond donors (Lipinski definition) is 1. The molecular formula is C11H13ClFNO. The fourth-order valence-corrected chi connectivity index (χ4v) is 1.36. The maximum Gasteiger partial charge on any atom is 0.178 e. The highest BCUT2D eigenvalue weighted by atomic mass is 35.5. The number of rotatable bonds is 1. The molecule has 0 aliphatic rings. The zero-order chi connectivity index (χ0) is 11.6. The summed E-state index contributed by atoms with van der Waals surface area (Å²) in [4.78, 5) is 0. The number of hydrogen-bond acceptors (Lipinski definition) is 2. The third kappa shape index (κ3) is 2.69. The second kappa shape index (κ2) is 4.19. The van der Waals surface area contributed by atoms with E-state index in [1.54, 1.807) is 6.07 Å². The minimum Gasteiger partial charge on any atom is -0.410 e. The molecule has 2 nitrogen and oxygen atoms in total. The highest BCUT2D eigenvalue weighted by Gasteiger charge is 2.16. The van der Waals surface area contributed by atoms with Crippen molar-refractivity contribution in [2.75, 3.05) is 0 Å². The van der Waals surface area contributed by atoms with Gasteiger partial charge in [0.15, 0.2) is 5.17 Å². The Morgan fingerprint density at radius 2 is 2.00 bits per heavy atom. The Balaban J connectivity index is 3.21. The van der Waals surface area contributed by atoms with Gasteiger partial charge in [0, 0.05) is 0 Å². The molecule has 0 fully saturated rings. The quantitative estimate of drug-likeness (QED) is 0.446. The summed E-state index contributed by atoms with van der Waals surface area (Å²) in [5.41, 5.74) is 0.848. The minimum atomic E-state index is -0.481. The van der Waals surface area contributed by atoms with Gasteiger partial charge in [-0.3, -0.25) is 0 Å². The molecule has 0 aliphatic carbocycles. The predicted octanol–water partition coefficient (Wildman–Crippen LogP) is 3.50. The van der Waals surface area contributed by atoms with Crippen molar-refractivity contribution in [3.8, 4) is 0 Å². The van der Waals surface area contributed by atoms with Crippen LogP contribution in [0, 0.1) is 5.82 Å². The van der Waals surface area contributed by atoms with Crippen LogP contribution in [0.2, 0.25) is 0 Å². The Bertz CT molecular complexity index is 396. The first-order valence-corrected chi connectivity index (χ1v) is 4.92. The van der Waals surface area contributed by atoms with Crippen molar-refractivity contribution in [1.82, 2.24) is 0 Å². The summed E-state index contributed by atoms with van der Waals surface area (Å²) in [5.74, 6) is -0.481. The largest absolute Gasteiger partial charge is 0.410 e. The lowest BCUT2D eigenvalue weighted by atomic mass is 9.86. The average molecular weight is 230 g/mol. The smallest absolute Gasteiger partial charge is 0.178 e. The summed E-state index contributed by atoms with van der Waals surface area (Å²) in [6.45, 7) is 5.97. The topological polar surface area (TPSA) is 32.6 Å². The van der Waals surface area contributed by atoms with Crippen LogP contribution in [0.5, 0.6) is 0 Å². The van der Waals surface area contributed by atoms with Crippen LogP contribution in [0.25, 0.3) is 0 Å². The van der Waals surface area contributed by atoms with Crippen molar-refractivity contribution < 1.29 is 9.60 Å². The normalized spacial score (nSPS) is 13.0. The predicted molar refractivity (Wildman–Crippen MR) is 59.3 cm³/mol. The van der Waals surface area contributed by atoms with E-state index in [1.807, 2.05) is 20.8 Å². The summed E-state index contributed by atoms with van der Waals surface area (Å²) in [6, 6.07) is 4.69.